The van der Waals surface area contributed by atoms with Crippen molar-refractivity contribution < 1.29 is 13.2 Å². The predicted molar refractivity (Wildman–Crippen MR) is 68.9 cm³/mol. The van der Waals surface area contributed by atoms with Crippen LogP contribution in [0.15, 0.2) is 42.6 Å². The Hall–Kier alpha value is -1.91. The van der Waals surface area contributed by atoms with E-state index < -0.39 is 11.7 Å². The number of aryl methyl sites for hydroxylation is 1. The molecule has 1 aromatic carbocycles. The summed E-state index contributed by atoms with van der Waals surface area (Å²) in [6.07, 6.45) is -2.31. The zero-order valence-corrected chi connectivity index (χ0v) is 10.5. The number of hydrogen-bond acceptors (Lipinski definition) is 1. The summed E-state index contributed by atoms with van der Waals surface area (Å²) < 4.78 is 39.3. The molecule has 0 aliphatic rings. The number of halogens is 3. The van der Waals surface area contributed by atoms with Crippen molar-refractivity contribution in [1.82, 2.24) is 4.57 Å². The molecule has 1 aromatic heterocycles. The smallest absolute Gasteiger partial charge is 0.379 e. The molecule has 102 valence electrons. The van der Waals surface area contributed by atoms with Crippen molar-refractivity contribution in [3.63, 3.8) is 0 Å². The standard InChI is InChI=1S/C14H15F3N2/c1-2-19-9-3-4-13(19)10-18-12-7-5-11(6-8-12)14(15,16)17/h3-9,18H,2,10H2,1H3. The molecule has 1 heterocycles. The minimum Gasteiger partial charge on any atom is -0.379 e. The summed E-state index contributed by atoms with van der Waals surface area (Å²) in [5.41, 5.74) is 1.15. The van der Waals surface area contributed by atoms with Gasteiger partial charge in [-0.1, -0.05) is 0 Å². The van der Waals surface area contributed by atoms with Crippen LogP contribution in [0.4, 0.5) is 18.9 Å². The molecule has 0 spiro atoms. The molecule has 0 amide bonds. The molecular weight excluding hydrogens is 253 g/mol. The summed E-state index contributed by atoms with van der Waals surface area (Å²) in [5.74, 6) is 0. The maximum absolute atomic E-state index is 12.4. The topological polar surface area (TPSA) is 17.0 Å². The number of nitrogens with one attached hydrogen (secondary N) is 1. The largest absolute Gasteiger partial charge is 0.416 e. The van der Waals surface area contributed by atoms with E-state index in [1.165, 1.54) is 12.1 Å². The zero-order chi connectivity index (χ0) is 13.9. The van der Waals surface area contributed by atoms with Crippen molar-refractivity contribution in [1.29, 1.82) is 0 Å². The molecule has 2 aromatic rings. The molecular formula is C14H15F3N2. The van der Waals surface area contributed by atoms with Gasteiger partial charge in [0.2, 0.25) is 0 Å². The molecule has 1 N–H and O–H groups in total. The molecule has 0 bridgehead atoms. The van der Waals surface area contributed by atoms with Crippen LogP contribution in [-0.4, -0.2) is 4.57 Å². The van der Waals surface area contributed by atoms with Gasteiger partial charge in [0.05, 0.1) is 12.1 Å². The van der Waals surface area contributed by atoms with Gasteiger partial charge in [-0.15, -0.1) is 0 Å². The fourth-order valence-electron chi connectivity index (χ4n) is 1.89. The Bertz CT molecular complexity index is 526. The molecule has 0 radical (unpaired) electrons. The Kier molecular flexibility index (Phi) is 3.83. The highest BCUT2D eigenvalue weighted by Gasteiger charge is 2.29. The maximum Gasteiger partial charge on any atom is 0.416 e. The molecule has 0 fully saturated rings. The third kappa shape index (κ3) is 3.30. The van der Waals surface area contributed by atoms with Crippen LogP contribution >= 0.6 is 0 Å². The van der Waals surface area contributed by atoms with Crippen molar-refractivity contribution in [3.05, 3.63) is 53.9 Å². The number of aromatic nitrogens is 1. The summed E-state index contributed by atoms with van der Waals surface area (Å²) >= 11 is 0. The van der Waals surface area contributed by atoms with E-state index >= 15 is 0 Å². The lowest BCUT2D eigenvalue weighted by atomic mass is 10.2. The summed E-state index contributed by atoms with van der Waals surface area (Å²) in [5, 5.41) is 3.11. The highest BCUT2D eigenvalue weighted by molar-refractivity contribution is 5.45. The van der Waals surface area contributed by atoms with Gasteiger partial charge in [-0.2, -0.15) is 13.2 Å². The first-order valence-corrected chi connectivity index (χ1v) is 6.06. The first-order valence-electron chi connectivity index (χ1n) is 6.06. The van der Waals surface area contributed by atoms with Gasteiger partial charge in [0.15, 0.2) is 0 Å². The van der Waals surface area contributed by atoms with Crippen molar-refractivity contribution in [2.24, 2.45) is 0 Å². The Morgan fingerprint density at radius 1 is 1.11 bits per heavy atom. The van der Waals surface area contributed by atoms with Gasteiger partial charge >= 0.3 is 6.18 Å². The summed E-state index contributed by atoms with van der Waals surface area (Å²) in [7, 11) is 0. The Balaban J connectivity index is 2.01. The van der Waals surface area contributed by atoms with Crippen LogP contribution in [0.2, 0.25) is 0 Å². The first-order chi connectivity index (χ1) is 9.00. The van der Waals surface area contributed by atoms with Gasteiger partial charge in [0, 0.05) is 24.1 Å². The van der Waals surface area contributed by atoms with Crippen LogP contribution in [0.25, 0.3) is 0 Å². The molecule has 0 saturated heterocycles. The molecule has 2 rings (SSSR count). The molecule has 0 atom stereocenters. The molecule has 19 heavy (non-hydrogen) atoms. The van der Waals surface area contributed by atoms with E-state index in [2.05, 4.69) is 9.88 Å². The molecule has 0 aliphatic heterocycles. The van der Waals surface area contributed by atoms with Crippen molar-refractivity contribution in [2.75, 3.05) is 5.32 Å². The molecule has 0 aliphatic carbocycles. The molecule has 5 heteroatoms. The second kappa shape index (κ2) is 5.38. The average molecular weight is 268 g/mol. The lowest BCUT2D eigenvalue weighted by Crippen LogP contribution is -2.07. The van der Waals surface area contributed by atoms with Gasteiger partial charge in [-0.05, 0) is 43.3 Å². The Morgan fingerprint density at radius 3 is 2.37 bits per heavy atom. The number of benzene rings is 1. The fraction of sp³-hybridized carbons (Fsp3) is 0.286. The van der Waals surface area contributed by atoms with Crippen molar-refractivity contribution >= 4 is 5.69 Å². The van der Waals surface area contributed by atoms with E-state index in [1.807, 2.05) is 25.3 Å². The first kappa shape index (κ1) is 13.5. The summed E-state index contributed by atoms with van der Waals surface area (Å²) in [4.78, 5) is 0. The van der Waals surface area contributed by atoms with Crippen LogP contribution in [0, 0.1) is 0 Å². The van der Waals surface area contributed by atoms with Crippen LogP contribution < -0.4 is 5.32 Å². The number of anilines is 1. The van der Waals surface area contributed by atoms with Crippen molar-refractivity contribution in [3.8, 4) is 0 Å². The summed E-state index contributed by atoms with van der Waals surface area (Å²) in [6, 6.07) is 9.00. The highest BCUT2D eigenvalue weighted by atomic mass is 19.4. The third-order valence-electron chi connectivity index (χ3n) is 2.95. The molecule has 0 unspecified atom stereocenters. The van der Waals surface area contributed by atoms with Crippen LogP contribution in [0.1, 0.15) is 18.2 Å². The van der Waals surface area contributed by atoms with Gasteiger partial charge in [-0.3, -0.25) is 0 Å². The normalized spacial score (nSPS) is 11.6. The second-order valence-corrected chi connectivity index (χ2v) is 4.21. The van der Waals surface area contributed by atoms with Crippen LogP contribution in [0.3, 0.4) is 0 Å². The maximum atomic E-state index is 12.4. The molecule has 0 saturated carbocycles. The Labute approximate surface area is 109 Å². The van der Waals surface area contributed by atoms with Gasteiger partial charge in [0.1, 0.15) is 0 Å². The van der Waals surface area contributed by atoms with E-state index in [1.54, 1.807) is 0 Å². The number of nitrogens with zero attached hydrogens (tertiary/aromatic N) is 1. The Morgan fingerprint density at radius 2 is 1.79 bits per heavy atom. The quantitative estimate of drug-likeness (QED) is 0.881. The van der Waals surface area contributed by atoms with E-state index in [4.69, 9.17) is 0 Å². The molecule has 2 nitrogen and oxygen atoms in total. The third-order valence-corrected chi connectivity index (χ3v) is 2.95. The van der Waals surface area contributed by atoms with Crippen LogP contribution in [0.5, 0.6) is 0 Å². The van der Waals surface area contributed by atoms with Crippen molar-refractivity contribution in [2.45, 2.75) is 26.2 Å². The monoisotopic (exact) mass is 268 g/mol. The second-order valence-electron chi connectivity index (χ2n) is 4.21. The van der Waals surface area contributed by atoms with Gasteiger partial charge in [0.25, 0.3) is 0 Å². The lowest BCUT2D eigenvalue weighted by Gasteiger charge is -2.11. The van der Waals surface area contributed by atoms with E-state index in [9.17, 15) is 13.2 Å². The fourth-order valence-corrected chi connectivity index (χ4v) is 1.89. The minimum absolute atomic E-state index is 0.589. The average Bonchev–Trinajstić information content (AvgIpc) is 2.83. The SMILES string of the molecule is CCn1cccc1CNc1ccc(C(F)(F)F)cc1. The van der Waals surface area contributed by atoms with Gasteiger partial charge < -0.3 is 9.88 Å². The number of alkyl halides is 3. The lowest BCUT2D eigenvalue weighted by molar-refractivity contribution is -0.137. The van der Waals surface area contributed by atoms with E-state index in [-0.39, 0.29) is 0 Å². The van der Waals surface area contributed by atoms with E-state index in [0.717, 1.165) is 24.4 Å². The zero-order valence-electron chi connectivity index (χ0n) is 10.5. The highest BCUT2D eigenvalue weighted by Crippen LogP contribution is 2.29. The minimum atomic E-state index is -4.28. The van der Waals surface area contributed by atoms with E-state index in [0.29, 0.717) is 12.2 Å². The number of hydrogen-bond donors (Lipinski definition) is 1. The summed E-state index contributed by atoms with van der Waals surface area (Å²) in [6.45, 7) is 3.50. The van der Waals surface area contributed by atoms with Crippen LogP contribution in [-0.2, 0) is 19.3 Å². The number of rotatable bonds is 4. The predicted octanol–water partition coefficient (Wildman–Crippen LogP) is 4.14. The van der Waals surface area contributed by atoms with Gasteiger partial charge in [-0.25, -0.2) is 0 Å².